The highest BCUT2D eigenvalue weighted by Crippen LogP contribution is 2.07. The van der Waals surface area contributed by atoms with Crippen LogP contribution in [0.15, 0.2) is 24.3 Å². The van der Waals surface area contributed by atoms with Gasteiger partial charge in [-0.05, 0) is 37.2 Å². The number of nitrogens with one attached hydrogen (secondary N) is 3. The summed E-state index contributed by atoms with van der Waals surface area (Å²) in [5, 5.41) is 8.77. The summed E-state index contributed by atoms with van der Waals surface area (Å²) in [6.07, 6.45) is 0.927. The summed E-state index contributed by atoms with van der Waals surface area (Å²) in [5.41, 5.74) is 0.589. The van der Waals surface area contributed by atoms with Crippen LogP contribution in [0.1, 0.15) is 6.42 Å². The lowest BCUT2D eigenvalue weighted by Gasteiger charge is -2.27. The molecule has 1 saturated heterocycles. The van der Waals surface area contributed by atoms with Gasteiger partial charge in [0.25, 0.3) is 0 Å². The molecule has 1 fully saturated rings. The van der Waals surface area contributed by atoms with Crippen LogP contribution in [0.25, 0.3) is 0 Å². The monoisotopic (exact) mass is 280 g/mol. The lowest BCUT2D eigenvalue weighted by molar-refractivity contribution is 0.234. The van der Waals surface area contributed by atoms with Gasteiger partial charge >= 0.3 is 6.03 Å². The van der Waals surface area contributed by atoms with Crippen molar-refractivity contribution in [2.45, 2.75) is 6.42 Å². The number of carbonyl (C=O) groups excluding carboxylic acids is 1. The molecular formula is C14H21FN4O. The first-order valence-corrected chi connectivity index (χ1v) is 6.97. The van der Waals surface area contributed by atoms with Crippen molar-refractivity contribution >= 4 is 11.7 Å². The van der Waals surface area contributed by atoms with E-state index in [2.05, 4.69) is 20.9 Å². The van der Waals surface area contributed by atoms with Crippen LogP contribution in [0.2, 0.25) is 0 Å². The quantitative estimate of drug-likeness (QED) is 0.711. The molecule has 0 saturated carbocycles. The maximum absolute atomic E-state index is 12.7. The Kier molecular flexibility index (Phi) is 5.76. The summed E-state index contributed by atoms with van der Waals surface area (Å²) in [7, 11) is 0. The van der Waals surface area contributed by atoms with E-state index in [1.807, 2.05) is 0 Å². The van der Waals surface area contributed by atoms with Gasteiger partial charge in [0.15, 0.2) is 0 Å². The Labute approximate surface area is 118 Å². The second-order valence-corrected chi connectivity index (χ2v) is 4.83. The van der Waals surface area contributed by atoms with E-state index in [0.717, 1.165) is 39.1 Å². The Hall–Kier alpha value is -1.66. The molecule has 5 nitrogen and oxygen atoms in total. The average molecular weight is 280 g/mol. The van der Waals surface area contributed by atoms with Crippen LogP contribution in [0.5, 0.6) is 0 Å². The molecule has 0 aliphatic carbocycles. The first kappa shape index (κ1) is 14.7. The summed E-state index contributed by atoms with van der Waals surface area (Å²) >= 11 is 0. The number of urea groups is 1. The highest BCUT2D eigenvalue weighted by atomic mass is 19.1. The summed E-state index contributed by atoms with van der Waals surface area (Å²) in [6.45, 7) is 5.86. The van der Waals surface area contributed by atoms with Crippen LogP contribution in [0.4, 0.5) is 14.9 Å². The van der Waals surface area contributed by atoms with E-state index in [1.165, 1.54) is 24.3 Å². The fourth-order valence-corrected chi connectivity index (χ4v) is 2.15. The molecule has 110 valence electrons. The van der Waals surface area contributed by atoms with Gasteiger partial charge in [-0.1, -0.05) is 0 Å². The summed E-state index contributed by atoms with van der Waals surface area (Å²) in [6, 6.07) is 5.46. The van der Waals surface area contributed by atoms with E-state index >= 15 is 0 Å². The van der Waals surface area contributed by atoms with Crippen LogP contribution >= 0.6 is 0 Å². The first-order chi connectivity index (χ1) is 9.74. The molecule has 6 heteroatoms. The fourth-order valence-electron chi connectivity index (χ4n) is 2.15. The van der Waals surface area contributed by atoms with E-state index < -0.39 is 0 Å². The van der Waals surface area contributed by atoms with E-state index in [1.54, 1.807) is 0 Å². The first-order valence-electron chi connectivity index (χ1n) is 6.97. The zero-order chi connectivity index (χ0) is 14.2. The maximum Gasteiger partial charge on any atom is 0.319 e. The zero-order valence-corrected chi connectivity index (χ0v) is 11.5. The molecule has 0 aromatic heterocycles. The number of carbonyl (C=O) groups is 1. The third-order valence-electron chi connectivity index (χ3n) is 3.25. The Balaban J connectivity index is 1.59. The van der Waals surface area contributed by atoms with Crippen LogP contribution in [0, 0.1) is 5.82 Å². The molecule has 0 bridgehead atoms. The van der Waals surface area contributed by atoms with Crippen molar-refractivity contribution < 1.29 is 9.18 Å². The Morgan fingerprint density at radius 2 is 1.95 bits per heavy atom. The van der Waals surface area contributed by atoms with Crippen LogP contribution < -0.4 is 16.0 Å². The molecule has 0 unspecified atom stereocenters. The van der Waals surface area contributed by atoms with Crippen LogP contribution in [0.3, 0.4) is 0 Å². The van der Waals surface area contributed by atoms with Crippen molar-refractivity contribution in [1.82, 2.24) is 15.5 Å². The molecule has 1 heterocycles. The third kappa shape index (κ3) is 5.14. The van der Waals surface area contributed by atoms with Crippen molar-refractivity contribution in [2.24, 2.45) is 0 Å². The molecule has 0 radical (unpaired) electrons. The van der Waals surface area contributed by atoms with Crippen molar-refractivity contribution in [3.05, 3.63) is 30.1 Å². The van der Waals surface area contributed by atoms with Gasteiger partial charge in [0.2, 0.25) is 0 Å². The van der Waals surface area contributed by atoms with Gasteiger partial charge in [0.1, 0.15) is 5.82 Å². The van der Waals surface area contributed by atoms with E-state index in [9.17, 15) is 9.18 Å². The summed E-state index contributed by atoms with van der Waals surface area (Å²) < 4.78 is 12.7. The van der Waals surface area contributed by atoms with Crippen molar-refractivity contribution in [1.29, 1.82) is 0 Å². The van der Waals surface area contributed by atoms with Gasteiger partial charge in [0.05, 0.1) is 0 Å². The smallest absolute Gasteiger partial charge is 0.319 e. The molecule has 2 amide bonds. The molecule has 1 aliphatic rings. The van der Waals surface area contributed by atoms with Gasteiger partial charge in [-0.15, -0.1) is 0 Å². The molecule has 2 rings (SSSR count). The van der Waals surface area contributed by atoms with Crippen LogP contribution in [-0.4, -0.2) is 50.2 Å². The van der Waals surface area contributed by atoms with Crippen LogP contribution in [-0.2, 0) is 0 Å². The zero-order valence-electron chi connectivity index (χ0n) is 11.5. The number of rotatable bonds is 5. The number of anilines is 1. The number of amides is 2. The molecular weight excluding hydrogens is 259 g/mol. The van der Waals surface area contributed by atoms with Crippen molar-refractivity contribution in [3.63, 3.8) is 0 Å². The van der Waals surface area contributed by atoms with Gasteiger partial charge in [0, 0.05) is 38.4 Å². The molecule has 3 N–H and O–H groups in total. The number of hydrogen-bond donors (Lipinski definition) is 3. The lowest BCUT2D eigenvalue weighted by atomic mass is 10.3. The predicted molar refractivity (Wildman–Crippen MR) is 77.3 cm³/mol. The molecule has 1 aromatic carbocycles. The molecule has 0 atom stereocenters. The average Bonchev–Trinajstić information content (AvgIpc) is 2.47. The largest absolute Gasteiger partial charge is 0.338 e. The van der Waals surface area contributed by atoms with Gasteiger partial charge in [-0.3, -0.25) is 0 Å². The number of halogens is 1. The third-order valence-corrected chi connectivity index (χ3v) is 3.25. The van der Waals surface area contributed by atoms with Gasteiger partial charge in [-0.2, -0.15) is 0 Å². The highest BCUT2D eigenvalue weighted by Gasteiger charge is 2.08. The minimum Gasteiger partial charge on any atom is -0.338 e. The Bertz CT molecular complexity index is 418. The molecule has 20 heavy (non-hydrogen) atoms. The number of hydrogen-bond acceptors (Lipinski definition) is 3. The van der Waals surface area contributed by atoms with Gasteiger partial charge < -0.3 is 20.9 Å². The van der Waals surface area contributed by atoms with Crippen molar-refractivity contribution in [3.8, 4) is 0 Å². The predicted octanol–water partition coefficient (Wildman–Crippen LogP) is 1.24. The van der Waals surface area contributed by atoms with E-state index in [4.69, 9.17) is 0 Å². The second-order valence-electron chi connectivity index (χ2n) is 4.83. The van der Waals surface area contributed by atoms with E-state index in [0.29, 0.717) is 12.2 Å². The van der Waals surface area contributed by atoms with E-state index in [-0.39, 0.29) is 11.8 Å². The number of nitrogens with zero attached hydrogens (tertiary/aromatic N) is 1. The Morgan fingerprint density at radius 3 is 2.65 bits per heavy atom. The molecule has 1 aliphatic heterocycles. The second kappa shape index (κ2) is 7.81. The standard InChI is InChI=1S/C14H21FN4O/c15-12-2-4-13(5-3-12)18-14(20)17-6-1-9-19-10-7-16-8-11-19/h2-5,16H,1,6-11H2,(H2,17,18,20). The Morgan fingerprint density at radius 1 is 1.25 bits per heavy atom. The number of benzene rings is 1. The minimum absolute atomic E-state index is 0.253. The highest BCUT2D eigenvalue weighted by molar-refractivity contribution is 5.89. The molecule has 0 spiro atoms. The summed E-state index contributed by atoms with van der Waals surface area (Å²) in [4.78, 5) is 14.0. The normalized spacial score (nSPS) is 15.8. The maximum atomic E-state index is 12.7. The molecule has 1 aromatic rings. The SMILES string of the molecule is O=C(NCCCN1CCNCC1)Nc1ccc(F)cc1. The topological polar surface area (TPSA) is 56.4 Å². The van der Waals surface area contributed by atoms with Gasteiger partial charge in [-0.25, -0.2) is 9.18 Å². The minimum atomic E-state index is -0.313. The summed E-state index contributed by atoms with van der Waals surface area (Å²) in [5.74, 6) is -0.313. The fraction of sp³-hybridized carbons (Fsp3) is 0.500. The number of piperazine rings is 1. The lowest BCUT2D eigenvalue weighted by Crippen LogP contribution is -2.44. The van der Waals surface area contributed by atoms with Crippen molar-refractivity contribution in [2.75, 3.05) is 44.6 Å².